The third-order valence-electron chi connectivity index (χ3n) is 2.51. The summed E-state index contributed by atoms with van der Waals surface area (Å²) in [5.74, 6) is 0.783. The Labute approximate surface area is 100 Å². The second kappa shape index (κ2) is 4.92. The van der Waals surface area contributed by atoms with Crippen LogP contribution in [0.3, 0.4) is 0 Å². The molecule has 0 bridgehead atoms. The Kier molecular flexibility index (Phi) is 3.34. The summed E-state index contributed by atoms with van der Waals surface area (Å²) in [5, 5.41) is 11.6. The summed E-state index contributed by atoms with van der Waals surface area (Å²) in [5.41, 5.74) is 7.60. The van der Waals surface area contributed by atoms with Crippen LogP contribution in [0.5, 0.6) is 0 Å². The molecule has 0 fully saturated rings. The molecule has 2 rings (SSSR count). The molecule has 2 N–H and O–H groups in total. The number of nitrogens with zero attached hydrogens (tertiary/aromatic N) is 5. The van der Waals surface area contributed by atoms with Crippen molar-refractivity contribution in [2.75, 3.05) is 25.5 Å². The van der Waals surface area contributed by atoms with Gasteiger partial charge in [-0.05, 0) is 41.2 Å². The predicted molar refractivity (Wildman–Crippen MR) is 66.2 cm³/mol. The van der Waals surface area contributed by atoms with Crippen molar-refractivity contribution in [2.24, 2.45) is 5.73 Å². The van der Waals surface area contributed by atoms with Crippen molar-refractivity contribution in [1.82, 2.24) is 20.2 Å². The molecule has 0 aliphatic heterocycles. The highest BCUT2D eigenvalue weighted by Crippen LogP contribution is 2.15. The summed E-state index contributed by atoms with van der Waals surface area (Å²) < 4.78 is 1.71. The highest BCUT2D eigenvalue weighted by molar-refractivity contribution is 5.49. The highest BCUT2D eigenvalue weighted by Gasteiger charge is 2.07. The standard InChI is InChI=1S/C11H16N6/c1-16(2)9-3-5-10(6-4-9)17-11(7-8-12)13-14-15-17/h3-6H,7-8,12H2,1-2H3. The predicted octanol–water partition coefficient (Wildman–Crippen LogP) is 0.230. The Morgan fingerprint density at radius 3 is 2.53 bits per heavy atom. The minimum atomic E-state index is 0.538. The molecule has 0 unspecified atom stereocenters. The smallest absolute Gasteiger partial charge is 0.157 e. The van der Waals surface area contributed by atoms with Crippen LogP contribution in [0, 0.1) is 0 Å². The zero-order valence-corrected chi connectivity index (χ0v) is 10.0. The fourth-order valence-corrected chi connectivity index (χ4v) is 1.58. The van der Waals surface area contributed by atoms with Crippen molar-refractivity contribution in [3.8, 4) is 5.69 Å². The molecule has 0 saturated heterocycles. The van der Waals surface area contributed by atoms with E-state index in [1.165, 1.54) is 0 Å². The van der Waals surface area contributed by atoms with Crippen molar-refractivity contribution in [3.05, 3.63) is 30.1 Å². The molecule has 0 radical (unpaired) electrons. The molecule has 17 heavy (non-hydrogen) atoms. The molecule has 1 aromatic heterocycles. The monoisotopic (exact) mass is 232 g/mol. The van der Waals surface area contributed by atoms with Crippen LogP contribution in [0.15, 0.2) is 24.3 Å². The van der Waals surface area contributed by atoms with Crippen molar-refractivity contribution in [3.63, 3.8) is 0 Å². The van der Waals surface area contributed by atoms with Crippen LogP contribution in [0.1, 0.15) is 5.82 Å². The lowest BCUT2D eigenvalue weighted by atomic mass is 10.2. The summed E-state index contributed by atoms with van der Waals surface area (Å²) in [6.45, 7) is 0.538. The maximum atomic E-state index is 5.51. The minimum Gasteiger partial charge on any atom is -0.378 e. The topological polar surface area (TPSA) is 72.9 Å². The SMILES string of the molecule is CN(C)c1ccc(-n2nnnc2CCN)cc1. The van der Waals surface area contributed by atoms with Gasteiger partial charge in [-0.15, -0.1) is 5.10 Å². The van der Waals surface area contributed by atoms with Crippen molar-refractivity contribution >= 4 is 5.69 Å². The van der Waals surface area contributed by atoms with E-state index in [1.54, 1.807) is 4.68 Å². The van der Waals surface area contributed by atoms with E-state index in [4.69, 9.17) is 5.73 Å². The van der Waals surface area contributed by atoms with Gasteiger partial charge in [-0.1, -0.05) is 0 Å². The normalized spacial score (nSPS) is 10.5. The molecule has 0 spiro atoms. The van der Waals surface area contributed by atoms with E-state index in [0.717, 1.165) is 17.2 Å². The number of aromatic nitrogens is 4. The van der Waals surface area contributed by atoms with Gasteiger partial charge < -0.3 is 10.6 Å². The first kappa shape index (κ1) is 11.5. The second-order valence-electron chi connectivity index (χ2n) is 3.96. The van der Waals surface area contributed by atoms with Gasteiger partial charge in [0.05, 0.1) is 5.69 Å². The summed E-state index contributed by atoms with van der Waals surface area (Å²) in [6.07, 6.45) is 0.669. The van der Waals surface area contributed by atoms with Crippen molar-refractivity contribution < 1.29 is 0 Å². The summed E-state index contributed by atoms with van der Waals surface area (Å²) in [4.78, 5) is 2.05. The third kappa shape index (κ3) is 2.42. The van der Waals surface area contributed by atoms with Crippen molar-refractivity contribution in [1.29, 1.82) is 0 Å². The van der Waals surface area contributed by atoms with E-state index in [-0.39, 0.29) is 0 Å². The van der Waals surface area contributed by atoms with Gasteiger partial charge >= 0.3 is 0 Å². The lowest BCUT2D eigenvalue weighted by Gasteiger charge is -2.12. The first-order chi connectivity index (χ1) is 8.22. The Balaban J connectivity index is 2.30. The fraction of sp³-hybridized carbons (Fsp3) is 0.364. The van der Waals surface area contributed by atoms with Gasteiger partial charge in [0.1, 0.15) is 0 Å². The van der Waals surface area contributed by atoms with E-state index in [9.17, 15) is 0 Å². The zero-order valence-electron chi connectivity index (χ0n) is 10.0. The van der Waals surface area contributed by atoms with Crippen LogP contribution in [0.2, 0.25) is 0 Å². The Morgan fingerprint density at radius 2 is 1.94 bits per heavy atom. The molecular formula is C11H16N6. The summed E-state index contributed by atoms with van der Waals surface area (Å²) >= 11 is 0. The molecule has 1 aromatic carbocycles. The molecule has 6 nitrogen and oxygen atoms in total. The van der Waals surface area contributed by atoms with E-state index in [2.05, 4.69) is 15.5 Å². The average Bonchev–Trinajstić information content (AvgIpc) is 2.78. The highest BCUT2D eigenvalue weighted by atomic mass is 15.5. The first-order valence-corrected chi connectivity index (χ1v) is 5.47. The molecular weight excluding hydrogens is 216 g/mol. The maximum absolute atomic E-state index is 5.51. The van der Waals surface area contributed by atoms with E-state index < -0.39 is 0 Å². The maximum Gasteiger partial charge on any atom is 0.157 e. The van der Waals surface area contributed by atoms with E-state index >= 15 is 0 Å². The Morgan fingerprint density at radius 1 is 1.24 bits per heavy atom. The number of nitrogens with two attached hydrogens (primary N) is 1. The number of benzene rings is 1. The molecule has 2 aromatic rings. The first-order valence-electron chi connectivity index (χ1n) is 5.47. The van der Waals surface area contributed by atoms with Crippen LogP contribution in [0.4, 0.5) is 5.69 Å². The number of hydrogen-bond acceptors (Lipinski definition) is 5. The van der Waals surface area contributed by atoms with Gasteiger partial charge in [0.2, 0.25) is 0 Å². The lowest BCUT2D eigenvalue weighted by Crippen LogP contribution is -2.11. The number of tetrazole rings is 1. The van der Waals surface area contributed by atoms with Crippen LogP contribution >= 0.6 is 0 Å². The minimum absolute atomic E-state index is 0.538. The van der Waals surface area contributed by atoms with Crippen LogP contribution < -0.4 is 10.6 Å². The van der Waals surface area contributed by atoms with Gasteiger partial charge in [-0.25, -0.2) is 0 Å². The molecule has 0 aliphatic rings. The number of anilines is 1. The molecule has 0 amide bonds. The van der Waals surface area contributed by atoms with Gasteiger partial charge in [0, 0.05) is 26.2 Å². The van der Waals surface area contributed by atoms with E-state index in [0.29, 0.717) is 13.0 Å². The van der Waals surface area contributed by atoms with Crippen LogP contribution in [0.25, 0.3) is 5.69 Å². The van der Waals surface area contributed by atoms with Crippen molar-refractivity contribution in [2.45, 2.75) is 6.42 Å². The second-order valence-corrected chi connectivity index (χ2v) is 3.96. The summed E-state index contributed by atoms with van der Waals surface area (Å²) in [7, 11) is 4.01. The van der Waals surface area contributed by atoms with Crippen LogP contribution in [-0.4, -0.2) is 40.8 Å². The summed E-state index contributed by atoms with van der Waals surface area (Å²) in [6, 6.07) is 8.05. The fourth-order valence-electron chi connectivity index (χ4n) is 1.58. The average molecular weight is 232 g/mol. The number of rotatable bonds is 4. The lowest BCUT2D eigenvalue weighted by molar-refractivity contribution is 0.755. The largest absolute Gasteiger partial charge is 0.378 e. The Bertz CT molecular complexity index is 473. The van der Waals surface area contributed by atoms with E-state index in [1.807, 2.05) is 43.3 Å². The quantitative estimate of drug-likeness (QED) is 0.817. The van der Waals surface area contributed by atoms with Gasteiger partial charge in [0.25, 0.3) is 0 Å². The van der Waals surface area contributed by atoms with Gasteiger partial charge in [0.15, 0.2) is 5.82 Å². The molecule has 0 aliphatic carbocycles. The molecule has 90 valence electrons. The van der Waals surface area contributed by atoms with Gasteiger partial charge in [-0.2, -0.15) is 4.68 Å². The van der Waals surface area contributed by atoms with Gasteiger partial charge in [-0.3, -0.25) is 0 Å². The zero-order chi connectivity index (χ0) is 12.3. The Hall–Kier alpha value is -1.95. The third-order valence-corrected chi connectivity index (χ3v) is 2.51. The number of hydrogen-bond donors (Lipinski definition) is 1. The molecule has 1 heterocycles. The molecule has 6 heteroatoms. The molecule has 0 saturated carbocycles. The molecule has 0 atom stereocenters. The van der Waals surface area contributed by atoms with Crippen LogP contribution in [-0.2, 0) is 6.42 Å².